The molecule has 1 fully saturated rings. The number of carbonyl (C=O) groups excluding carboxylic acids is 1. The number of nitrogens with zero attached hydrogens (tertiary/aromatic N) is 1. The zero-order valence-corrected chi connectivity index (χ0v) is 9.50. The van der Waals surface area contributed by atoms with Gasteiger partial charge >= 0.3 is 6.03 Å². The summed E-state index contributed by atoms with van der Waals surface area (Å²) in [6.45, 7) is 9.44. The minimum absolute atomic E-state index is 0.00250. The number of amides is 2. The number of urea groups is 1. The van der Waals surface area contributed by atoms with Crippen molar-refractivity contribution in [3.63, 3.8) is 0 Å². The van der Waals surface area contributed by atoms with Crippen molar-refractivity contribution in [2.75, 3.05) is 13.1 Å². The summed E-state index contributed by atoms with van der Waals surface area (Å²) >= 11 is 0. The Kier molecular flexibility index (Phi) is 3.04. The number of likely N-dealkylation sites (tertiary alicyclic amines) is 1. The second-order valence-electron chi connectivity index (χ2n) is 5.23. The second-order valence-corrected chi connectivity index (χ2v) is 5.23. The van der Waals surface area contributed by atoms with Crippen molar-refractivity contribution in [1.82, 2.24) is 10.2 Å². The van der Waals surface area contributed by atoms with Crippen LogP contribution in [0.1, 0.15) is 27.7 Å². The molecule has 3 N–H and O–H groups in total. The lowest BCUT2D eigenvalue weighted by Crippen LogP contribution is -2.48. The Hall–Kier alpha value is -0.770. The summed E-state index contributed by atoms with van der Waals surface area (Å²) in [4.78, 5) is 13.5. The van der Waals surface area contributed by atoms with Crippen molar-refractivity contribution in [3.05, 3.63) is 0 Å². The first-order chi connectivity index (χ1) is 6.29. The van der Waals surface area contributed by atoms with E-state index in [1.807, 2.05) is 20.8 Å². The molecule has 2 unspecified atom stereocenters. The van der Waals surface area contributed by atoms with E-state index in [2.05, 4.69) is 12.2 Å². The van der Waals surface area contributed by atoms with Crippen LogP contribution in [0, 0.1) is 5.92 Å². The largest absolute Gasteiger partial charge is 0.333 e. The minimum Gasteiger partial charge on any atom is -0.333 e. The zero-order valence-electron chi connectivity index (χ0n) is 9.50. The second kappa shape index (κ2) is 3.77. The highest BCUT2D eigenvalue weighted by molar-refractivity contribution is 5.75. The molecule has 1 aliphatic heterocycles. The van der Waals surface area contributed by atoms with Crippen LogP contribution in [0.5, 0.6) is 0 Å². The molecule has 0 aromatic heterocycles. The molecule has 1 saturated heterocycles. The summed E-state index contributed by atoms with van der Waals surface area (Å²) < 4.78 is 0. The van der Waals surface area contributed by atoms with Crippen LogP contribution in [0.4, 0.5) is 4.79 Å². The number of carbonyl (C=O) groups is 1. The number of rotatable bonds is 0. The van der Waals surface area contributed by atoms with Crippen molar-refractivity contribution in [1.29, 1.82) is 0 Å². The molecule has 0 radical (unpaired) electrons. The SMILES string of the molecule is CC1CN(C(=O)NC(C)(C)C)CC1N. The van der Waals surface area contributed by atoms with E-state index in [4.69, 9.17) is 5.73 Å². The highest BCUT2D eigenvalue weighted by atomic mass is 16.2. The molecule has 0 spiro atoms. The summed E-state index contributed by atoms with van der Waals surface area (Å²) in [6, 6.07) is 0.123. The van der Waals surface area contributed by atoms with Gasteiger partial charge in [0, 0.05) is 24.7 Å². The third-order valence-corrected chi connectivity index (χ3v) is 2.44. The van der Waals surface area contributed by atoms with Gasteiger partial charge in [0.05, 0.1) is 0 Å². The Morgan fingerprint density at radius 2 is 2.00 bits per heavy atom. The van der Waals surface area contributed by atoms with Crippen molar-refractivity contribution in [3.8, 4) is 0 Å². The quantitative estimate of drug-likeness (QED) is 0.605. The Labute approximate surface area is 85.8 Å². The fourth-order valence-corrected chi connectivity index (χ4v) is 1.56. The van der Waals surface area contributed by atoms with Crippen LogP contribution in [0.3, 0.4) is 0 Å². The Morgan fingerprint density at radius 1 is 1.43 bits per heavy atom. The van der Waals surface area contributed by atoms with Gasteiger partial charge < -0.3 is 16.0 Å². The summed E-state index contributed by atoms with van der Waals surface area (Å²) in [5.41, 5.74) is 5.67. The molecule has 4 nitrogen and oxygen atoms in total. The maximum Gasteiger partial charge on any atom is 0.317 e. The molecule has 82 valence electrons. The average molecular weight is 199 g/mol. The molecule has 1 aliphatic rings. The standard InChI is InChI=1S/C10H21N3O/c1-7-5-13(6-8(7)11)9(14)12-10(2,3)4/h7-8H,5-6,11H2,1-4H3,(H,12,14). The van der Waals surface area contributed by atoms with Crippen molar-refractivity contribution >= 4 is 6.03 Å². The first-order valence-corrected chi connectivity index (χ1v) is 5.12. The van der Waals surface area contributed by atoms with Crippen LogP contribution < -0.4 is 11.1 Å². The van der Waals surface area contributed by atoms with Crippen LogP contribution >= 0.6 is 0 Å². The molecule has 4 heteroatoms. The minimum atomic E-state index is -0.174. The molecule has 0 bridgehead atoms. The van der Waals surface area contributed by atoms with E-state index < -0.39 is 0 Å². The van der Waals surface area contributed by atoms with Gasteiger partial charge in [0.25, 0.3) is 0 Å². The lowest BCUT2D eigenvalue weighted by atomic mass is 10.1. The molecule has 1 rings (SSSR count). The first kappa shape index (κ1) is 11.3. The van der Waals surface area contributed by atoms with E-state index in [1.165, 1.54) is 0 Å². The molecule has 1 heterocycles. The maximum atomic E-state index is 11.7. The van der Waals surface area contributed by atoms with E-state index in [0.29, 0.717) is 12.5 Å². The molecule has 0 aromatic carbocycles. The number of hydrogen-bond acceptors (Lipinski definition) is 2. The maximum absolute atomic E-state index is 11.7. The fourth-order valence-electron chi connectivity index (χ4n) is 1.56. The number of nitrogens with two attached hydrogens (primary N) is 1. The van der Waals surface area contributed by atoms with E-state index >= 15 is 0 Å². The predicted octanol–water partition coefficient (Wildman–Crippen LogP) is 0.773. The van der Waals surface area contributed by atoms with Crippen LogP contribution in [-0.4, -0.2) is 35.6 Å². The van der Waals surface area contributed by atoms with Crippen LogP contribution in [0.2, 0.25) is 0 Å². The van der Waals surface area contributed by atoms with Gasteiger partial charge in [-0.25, -0.2) is 4.79 Å². The highest BCUT2D eigenvalue weighted by Gasteiger charge is 2.30. The van der Waals surface area contributed by atoms with Gasteiger partial charge in [-0.1, -0.05) is 6.92 Å². The van der Waals surface area contributed by atoms with Gasteiger partial charge in [-0.15, -0.1) is 0 Å². The molecular formula is C10H21N3O. The summed E-state index contributed by atoms with van der Waals surface area (Å²) in [6.07, 6.45) is 0. The van der Waals surface area contributed by atoms with Gasteiger partial charge in [0.1, 0.15) is 0 Å². The molecule has 2 amide bonds. The van der Waals surface area contributed by atoms with Gasteiger partial charge in [-0.05, 0) is 26.7 Å². The first-order valence-electron chi connectivity index (χ1n) is 5.12. The van der Waals surface area contributed by atoms with E-state index in [9.17, 15) is 4.79 Å². The molecule has 0 saturated carbocycles. The summed E-state index contributed by atoms with van der Waals surface area (Å²) in [5.74, 6) is 0.403. The summed E-state index contributed by atoms with van der Waals surface area (Å²) in [7, 11) is 0. The molecule has 0 aromatic rings. The molecular weight excluding hydrogens is 178 g/mol. The number of nitrogens with one attached hydrogen (secondary N) is 1. The topological polar surface area (TPSA) is 58.4 Å². The molecule has 14 heavy (non-hydrogen) atoms. The van der Waals surface area contributed by atoms with Gasteiger partial charge in [-0.3, -0.25) is 0 Å². The monoisotopic (exact) mass is 199 g/mol. The van der Waals surface area contributed by atoms with Crippen molar-refractivity contribution < 1.29 is 4.79 Å². The lowest BCUT2D eigenvalue weighted by molar-refractivity contribution is 0.197. The van der Waals surface area contributed by atoms with Crippen molar-refractivity contribution in [2.45, 2.75) is 39.3 Å². The zero-order chi connectivity index (χ0) is 10.9. The fraction of sp³-hybridized carbons (Fsp3) is 0.900. The van der Waals surface area contributed by atoms with E-state index in [1.54, 1.807) is 4.90 Å². The number of hydrogen-bond donors (Lipinski definition) is 2. The van der Waals surface area contributed by atoms with E-state index in [0.717, 1.165) is 6.54 Å². The van der Waals surface area contributed by atoms with Gasteiger partial charge in [-0.2, -0.15) is 0 Å². The highest BCUT2D eigenvalue weighted by Crippen LogP contribution is 2.15. The van der Waals surface area contributed by atoms with Crippen LogP contribution in [-0.2, 0) is 0 Å². The lowest BCUT2D eigenvalue weighted by Gasteiger charge is -2.25. The Balaban J connectivity index is 2.48. The Morgan fingerprint density at radius 3 is 2.36 bits per heavy atom. The van der Waals surface area contributed by atoms with Gasteiger partial charge in [0.2, 0.25) is 0 Å². The third-order valence-electron chi connectivity index (χ3n) is 2.44. The predicted molar refractivity (Wildman–Crippen MR) is 57.0 cm³/mol. The van der Waals surface area contributed by atoms with Crippen LogP contribution in [0.15, 0.2) is 0 Å². The Bertz CT molecular complexity index is 212. The summed E-state index contributed by atoms with van der Waals surface area (Å²) in [5, 5.41) is 2.93. The van der Waals surface area contributed by atoms with E-state index in [-0.39, 0.29) is 17.6 Å². The normalized spacial score (nSPS) is 27.9. The van der Waals surface area contributed by atoms with Gasteiger partial charge in [0.15, 0.2) is 0 Å². The average Bonchev–Trinajstić information content (AvgIpc) is 2.28. The van der Waals surface area contributed by atoms with Crippen LogP contribution in [0.25, 0.3) is 0 Å². The van der Waals surface area contributed by atoms with Crippen molar-refractivity contribution in [2.24, 2.45) is 11.7 Å². The smallest absolute Gasteiger partial charge is 0.317 e. The molecule has 0 aliphatic carbocycles. The molecule has 2 atom stereocenters. The third kappa shape index (κ3) is 2.87.